The van der Waals surface area contributed by atoms with E-state index in [2.05, 4.69) is 15.0 Å². The van der Waals surface area contributed by atoms with Gasteiger partial charge in [0.15, 0.2) is 11.7 Å². The van der Waals surface area contributed by atoms with E-state index in [4.69, 9.17) is 4.42 Å². The lowest BCUT2D eigenvalue weighted by Crippen LogP contribution is -2.24. The molecule has 0 aliphatic rings. The van der Waals surface area contributed by atoms with Crippen LogP contribution in [0.2, 0.25) is 0 Å². The summed E-state index contributed by atoms with van der Waals surface area (Å²) in [5.74, 6) is 0.492. The summed E-state index contributed by atoms with van der Waals surface area (Å²) >= 11 is 0. The second-order valence-electron chi connectivity index (χ2n) is 6.22. The third-order valence-corrected chi connectivity index (χ3v) is 4.11. The summed E-state index contributed by atoms with van der Waals surface area (Å²) in [6.07, 6.45) is 6.30. The number of nitrogens with one attached hydrogen (secondary N) is 1. The first kappa shape index (κ1) is 20.6. The molecule has 6 nitrogen and oxygen atoms in total. The third kappa shape index (κ3) is 7.60. The Kier molecular flexibility index (Phi) is 8.48. The highest BCUT2D eigenvalue weighted by Crippen LogP contribution is 2.21. The smallest absolute Gasteiger partial charge is 0.305 e. The maximum absolute atomic E-state index is 12.9. The van der Waals surface area contributed by atoms with Gasteiger partial charge in [0.1, 0.15) is 5.82 Å². The lowest BCUT2D eigenvalue weighted by molar-refractivity contribution is -0.140. The van der Waals surface area contributed by atoms with E-state index < -0.39 is 0 Å². The third-order valence-electron chi connectivity index (χ3n) is 4.11. The Bertz CT molecular complexity index is 728. The Labute approximate surface area is 158 Å². The van der Waals surface area contributed by atoms with Crippen LogP contribution in [0, 0.1) is 5.82 Å². The van der Waals surface area contributed by atoms with Crippen LogP contribution in [0.15, 0.2) is 34.9 Å². The number of hydrogen-bond donors (Lipinski definition) is 1. The van der Waals surface area contributed by atoms with Crippen LogP contribution in [0.3, 0.4) is 0 Å². The van der Waals surface area contributed by atoms with E-state index in [1.807, 2.05) is 0 Å². The topological polar surface area (TPSA) is 81.4 Å². The van der Waals surface area contributed by atoms with Crippen LogP contribution in [0.1, 0.15) is 44.4 Å². The minimum Gasteiger partial charge on any atom is -0.469 e. The second-order valence-corrected chi connectivity index (χ2v) is 6.22. The number of aryl methyl sites for hydroxylation is 1. The molecule has 1 heterocycles. The first-order valence-corrected chi connectivity index (χ1v) is 9.12. The second kappa shape index (κ2) is 11.1. The van der Waals surface area contributed by atoms with Crippen LogP contribution in [-0.2, 0) is 20.7 Å². The zero-order valence-corrected chi connectivity index (χ0v) is 15.5. The van der Waals surface area contributed by atoms with Crippen molar-refractivity contribution in [1.29, 1.82) is 0 Å². The largest absolute Gasteiger partial charge is 0.469 e. The zero-order chi connectivity index (χ0) is 19.5. The molecular formula is C20H25FN2O4. The molecule has 7 heteroatoms. The zero-order valence-electron chi connectivity index (χ0n) is 15.5. The Hall–Kier alpha value is -2.70. The predicted molar refractivity (Wildman–Crippen MR) is 98.3 cm³/mol. The van der Waals surface area contributed by atoms with Crippen LogP contribution in [-0.4, -0.2) is 30.5 Å². The van der Waals surface area contributed by atoms with Gasteiger partial charge in [-0.1, -0.05) is 12.8 Å². The van der Waals surface area contributed by atoms with Crippen molar-refractivity contribution in [3.63, 3.8) is 0 Å². The van der Waals surface area contributed by atoms with E-state index in [1.165, 1.54) is 19.2 Å². The molecule has 0 unspecified atom stereocenters. The first-order chi connectivity index (χ1) is 13.1. The number of oxazole rings is 1. The van der Waals surface area contributed by atoms with Gasteiger partial charge in [0.2, 0.25) is 5.91 Å². The Morgan fingerprint density at radius 3 is 2.59 bits per heavy atom. The van der Waals surface area contributed by atoms with Gasteiger partial charge in [0.25, 0.3) is 0 Å². The summed E-state index contributed by atoms with van der Waals surface area (Å²) in [6.45, 7) is 0.615. The highest BCUT2D eigenvalue weighted by molar-refractivity contribution is 5.76. The summed E-state index contributed by atoms with van der Waals surface area (Å²) in [6, 6.07) is 5.97. The van der Waals surface area contributed by atoms with Crippen molar-refractivity contribution in [2.24, 2.45) is 0 Å². The molecular weight excluding hydrogens is 351 g/mol. The number of methoxy groups -OCH3 is 1. The summed E-state index contributed by atoms with van der Waals surface area (Å²) in [7, 11) is 1.39. The molecule has 0 radical (unpaired) electrons. The molecule has 0 aliphatic heterocycles. The fourth-order valence-electron chi connectivity index (χ4n) is 2.56. The lowest BCUT2D eigenvalue weighted by Gasteiger charge is -2.04. The monoisotopic (exact) mass is 376 g/mol. The summed E-state index contributed by atoms with van der Waals surface area (Å²) < 4.78 is 23.1. The van der Waals surface area contributed by atoms with E-state index >= 15 is 0 Å². The van der Waals surface area contributed by atoms with Crippen molar-refractivity contribution in [1.82, 2.24) is 10.3 Å². The van der Waals surface area contributed by atoms with E-state index in [0.717, 1.165) is 31.2 Å². The average Bonchev–Trinajstić information content (AvgIpc) is 3.15. The number of nitrogens with zero attached hydrogens (tertiary/aromatic N) is 1. The van der Waals surface area contributed by atoms with Crippen LogP contribution in [0.5, 0.6) is 0 Å². The molecule has 0 bridgehead atoms. The number of benzene rings is 1. The van der Waals surface area contributed by atoms with Crippen molar-refractivity contribution in [3.05, 3.63) is 42.2 Å². The summed E-state index contributed by atoms with van der Waals surface area (Å²) in [4.78, 5) is 27.0. The summed E-state index contributed by atoms with van der Waals surface area (Å²) in [5.41, 5.74) is 0.742. The van der Waals surface area contributed by atoms with Gasteiger partial charge in [-0.15, -0.1) is 0 Å². The van der Waals surface area contributed by atoms with E-state index in [9.17, 15) is 14.0 Å². The molecule has 0 aliphatic carbocycles. The number of aromatic nitrogens is 1. The van der Waals surface area contributed by atoms with Crippen LogP contribution in [0.4, 0.5) is 4.39 Å². The molecule has 146 valence electrons. The Balaban J connectivity index is 1.59. The molecule has 1 amide bonds. The Morgan fingerprint density at radius 2 is 1.85 bits per heavy atom. The minimum absolute atomic E-state index is 0.0499. The number of esters is 1. The van der Waals surface area contributed by atoms with Gasteiger partial charge in [-0.25, -0.2) is 9.37 Å². The van der Waals surface area contributed by atoms with Crippen molar-refractivity contribution < 1.29 is 23.1 Å². The maximum Gasteiger partial charge on any atom is 0.305 e. The van der Waals surface area contributed by atoms with E-state index in [0.29, 0.717) is 37.5 Å². The predicted octanol–water partition coefficient (Wildman–Crippen LogP) is 3.65. The normalized spacial score (nSPS) is 10.6. The lowest BCUT2D eigenvalue weighted by atomic mass is 10.1. The standard InChI is InChI=1S/C20H25FN2O4/c1-26-20(25)6-4-2-3-5-13-22-18(24)11-12-19-23-14-17(27-19)15-7-9-16(21)10-8-15/h7-10,14H,2-6,11-13H2,1H3,(H,22,24). The number of rotatable bonds is 11. The summed E-state index contributed by atoms with van der Waals surface area (Å²) in [5, 5.41) is 2.87. The van der Waals surface area contributed by atoms with Crippen LogP contribution >= 0.6 is 0 Å². The highest BCUT2D eigenvalue weighted by Gasteiger charge is 2.09. The van der Waals surface area contributed by atoms with Gasteiger partial charge in [-0.2, -0.15) is 0 Å². The molecule has 0 saturated heterocycles. The average molecular weight is 376 g/mol. The molecule has 27 heavy (non-hydrogen) atoms. The molecule has 0 saturated carbocycles. The fraction of sp³-hybridized carbons (Fsp3) is 0.450. The number of carbonyl (C=O) groups excluding carboxylic acids is 2. The highest BCUT2D eigenvalue weighted by atomic mass is 19.1. The minimum atomic E-state index is -0.307. The van der Waals surface area contributed by atoms with Gasteiger partial charge in [0.05, 0.1) is 13.3 Å². The number of halogens is 1. The molecule has 0 atom stereocenters. The van der Waals surface area contributed by atoms with Crippen LogP contribution < -0.4 is 5.32 Å². The maximum atomic E-state index is 12.9. The number of amides is 1. The van der Waals surface area contributed by atoms with E-state index in [-0.39, 0.29) is 17.7 Å². The quantitative estimate of drug-likeness (QED) is 0.478. The van der Waals surface area contributed by atoms with Crippen molar-refractivity contribution in [3.8, 4) is 11.3 Å². The van der Waals surface area contributed by atoms with Crippen LogP contribution in [0.25, 0.3) is 11.3 Å². The van der Waals surface area contributed by atoms with Gasteiger partial charge < -0.3 is 14.5 Å². The van der Waals surface area contributed by atoms with Crippen molar-refractivity contribution >= 4 is 11.9 Å². The first-order valence-electron chi connectivity index (χ1n) is 9.12. The molecule has 0 spiro atoms. The van der Waals surface area contributed by atoms with Gasteiger partial charge in [-0.3, -0.25) is 9.59 Å². The molecule has 0 fully saturated rings. The van der Waals surface area contributed by atoms with Gasteiger partial charge >= 0.3 is 5.97 Å². The van der Waals surface area contributed by atoms with Gasteiger partial charge in [0, 0.05) is 31.4 Å². The number of hydrogen-bond acceptors (Lipinski definition) is 5. The van der Waals surface area contributed by atoms with Crippen molar-refractivity contribution in [2.75, 3.05) is 13.7 Å². The number of unbranched alkanes of at least 4 members (excludes halogenated alkanes) is 3. The van der Waals surface area contributed by atoms with Gasteiger partial charge in [-0.05, 0) is 37.1 Å². The Morgan fingerprint density at radius 1 is 1.11 bits per heavy atom. The number of carbonyl (C=O) groups is 2. The molecule has 2 aromatic rings. The molecule has 1 aromatic heterocycles. The molecule has 2 rings (SSSR count). The fourth-order valence-corrected chi connectivity index (χ4v) is 2.56. The SMILES string of the molecule is COC(=O)CCCCCCNC(=O)CCc1ncc(-c2ccc(F)cc2)o1. The molecule has 1 N–H and O–H groups in total. The van der Waals surface area contributed by atoms with E-state index in [1.54, 1.807) is 18.3 Å². The number of ether oxygens (including phenoxy) is 1. The molecule has 1 aromatic carbocycles. The van der Waals surface area contributed by atoms with Crippen molar-refractivity contribution in [2.45, 2.75) is 44.9 Å².